The molecule has 1 saturated heterocycles. The zero-order chi connectivity index (χ0) is 8.48. The van der Waals surface area contributed by atoms with E-state index in [9.17, 15) is 10.2 Å². The van der Waals surface area contributed by atoms with E-state index in [-0.39, 0.29) is 13.2 Å². The van der Waals surface area contributed by atoms with E-state index in [1.54, 1.807) is 0 Å². The SMILES string of the molecule is CO[C@]1(O)CO[C@H](CO)[C@H]1O. The first-order valence-corrected chi connectivity index (χ1v) is 3.32. The zero-order valence-corrected chi connectivity index (χ0v) is 6.23. The van der Waals surface area contributed by atoms with Gasteiger partial charge in [0.25, 0.3) is 0 Å². The second-order valence-electron chi connectivity index (χ2n) is 2.53. The van der Waals surface area contributed by atoms with E-state index in [4.69, 9.17) is 9.84 Å². The number of aliphatic hydroxyl groups is 3. The number of hydrogen-bond acceptors (Lipinski definition) is 5. The van der Waals surface area contributed by atoms with E-state index in [1.165, 1.54) is 7.11 Å². The minimum absolute atomic E-state index is 0.115. The van der Waals surface area contributed by atoms with Gasteiger partial charge in [-0.05, 0) is 0 Å². The highest BCUT2D eigenvalue weighted by Crippen LogP contribution is 2.24. The molecular formula is C6H12O5. The molecule has 0 spiro atoms. The predicted molar refractivity (Wildman–Crippen MR) is 34.8 cm³/mol. The molecule has 0 saturated carbocycles. The Morgan fingerprint density at radius 3 is 2.64 bits per heavy atom. The van der Waals surface area contributed by atoms with Gasteiger partial charge in [0.05, 0.1) is 6.61 Å². The predicted octanol–water partition coefficient (Wildman–Crippen LogP) is -1.93. The smallest absolute Gasteiger partial charge is 0.218 e. The number of aliphatic hydroxyl groups excluding tert-OH is 2. The van der Waals surface area contributed by atoms with Crippen molar-refractivity contribution in [2.24, 2.45) is 0 Å². The van der Waals surface area contributed by atoms with Gasteiger partial charge < -0.3 is 24.8 Å². The molecule has 0 bridgehead atoms. The lowest BCUT2D eigenvalue weighted by molar-refractivity contribution is -0.224. The van der Waals surface area contributed by atoms with Crippen LogP contribution in [0, 0.1) is 0 Å². The molecule has 0 radical (unpaired) electrons. The number of rotatable bonds is 2. The molecule has 66 valence electrons. The third-order valence-electron chi connectivity index (χ3n) is 1.85. The van der Waals surface area contributed by atoms with E-state index in [1.807, 2.05) is 0 Å². The lowest BCUT2D eigenvalue weighted by Gasteiger charge is -2.23. The highest BCUT2D eigenvalue weighted by molar-refractivity contribution is 4.89. The molecule has 1 aliphatic rings. The molecule has 5 nitrogen and oxygen atoms in total. The summed E-state index contributed by atoms with van der Waals surface area (Å²) in [5, 5.41) is 27.2. The maximum atomic E-state index is 9.36. The second kappa shape index (κ2) is 3.04. The van der Waals surface area contributed by atoms with E-state index in [0.29, 0.717) is 0 Å². The molecule has 1 aliphatic heterocycles. The van der Waals surface area contributed by atoms with Gasteiger partial charge in [0.1, 0.15) is 18.8 Å². The van der Waals surface area contributed by atoms with Crippen molar-refractivity contribution in [3.63, 3.8) is 0 Å². The Hall–Kier alpha value is -0.200. The van der Waals surface area contributed by atoms with Crippen molar-refractivity contribution in [1.29, 1.82) is 0 Å². The van der Waals surface area contributed by atoms with Crippen LogP contribution in [0.2, 0.25) is 0 Å². The van der Waals surface area contributed by atoms with Gasteiger partial charge >= 0.3 is 0 Å². The van der Waals surface area contributed by atoms with Crippen molar-refractivity contribution in [1.82, 2.24) is 0 Å². The van der Waals surface area contributed by atoms with E-state index >= 15 is 0 Å². The quantitative estimate of drug-likeness (QED) is 0.414. The molecule has 1 heterocycles. The number of ether oxygens (including phenoxy) is 2. The van der Waals surface area contributed by atoms with Gasteiger partial charge in [-0.15, -0.1) is 0 Å². The van der Waals surface area contributed by atoms with E-state index in [2.05, 4.69) is 4.74 Å². The summed E-state index contributed by atoms with van der Waals surface area (Å²) in [6.07, 6.45) is -1.93. The first-order valence-electron chi connectivity index (χ1n) is 3.32. The Morgan fingerprint density at radius 2 is 2.36 bits per heavy atom. The molecular weight excluding hydrogens is 152 g/mol. The maximum Gasteiger partial charge on any atom is 0.218 e. The normalized spacial score (nSPS) is 44.7. The van der Waals surface area contributed by atoms with Gasteiger partial charge in [-0.25, -0.2) is 0 Å². The van der Waals surface area contributed by atoms with Gasteiger partial charge in [-0.1, -0.05) is 0 Å². The van der Waals surface area contributed by atoms with Crippen LogP contribution in [0.1, 0.15) is 0 Å². The number of methoxy groups -OCH3 is 1. The molecule has 0 aromatic rings. The van der Waals surface area contributed by atoms with Crippen LogP contribution in [-0.2, 0) is 9.47 Å². The van der Waals surface area contributed by atoms with Crippen molar-refractivity contribution in [2.45, 2.75) is 18.0 Å². The lowest BCUT2D eigenvalue weighted by Crippen LogP contribution is -2.46. The van der Waals surface area contributed by atoms with Crippen LogP contribution < -0.4 is 0 Å². The van der Waals surface area contributed by atoms with Crippen LogP contribution in [0.15, 0.2) is 0 Å². The summed E-state index contributed by atoms with van der Waals surface area (Å²) in [4.78, 5) is 0. The molecule has 0 aromatic heterocycles. The van der Waals surface area contributed by atoms with Crippen molar-refractivity contribution in [2.75, 3.05) is 20.3 Å². The van der Waals surface area contributed by atoms with Gasteiger partial charge in [0.2, 0.25) is 5.79 Å². The van der Waals surface area contributed by atoms with Crippen LogP contribution in [0.4, 0.5) is 0 Å². The highest BCUT2D eigenvalue weighted by Gasteiger charge is 2.48. The average molecular weight is 164 g/mol. The molecule has 11 heavy (non-hydrogen) atoms. The molecule has 0 aromatic carbocycles. The molecule has 3 atom stereocenters. The Balaban J connectivity index is 2.61. The van der Waals surface area contributed by atoms with Crippen LogP contribution in [-0.4, -0.2) is 53.6 Å². The summed E-state index contributed by atoms with van der Waals surface area (Å²) < 4.78 is 9.46. The maximum absolute atomic E-state index is 9.36. The summed E-state index contributed by atoms with van der Waals surface area (Å²) in [6, 6.07) is 0. The molecule has 0 aliphatic carbocycles. The Labute approximate surface area is 64.2 Å². The van der Waals surface area contributed by atoms with Crippen LogP contribution in [0.5, 0.6) is 0 Å². The summed E-state index contributed by atoms with van der Waals surface area (Å²) in [5.74, 6) is -1.66. The van der Waals surface area contributed by atoms with Gasteiger partial charge in [0.15, 0.2) is 0 Å². The fourth-order valence-electron chi connectivity index (χ4n) is 1.03. The zero-order valence-electron chi connectivity index (χ0n) is 6.23. The summed E-state index contributed by atoms with van der Waals surface area (Å²) in [6.45, 7) is -0.442. The van der Waals surface area contributed by atoms with Crippen molar-refractivity contribution < 1.29 is 24.8 Å². The summed E-state index contributed by atoms with van der Waals surface area (Å²) >= 11 is 0. The van der Waals surface area contributed by atoms with Crippen LogP contribution in [0.3, 0.4) is 0 Å². The molecule has 0 unspecified atom stereocenters. The van der Waals surface area contributed by atoms with Crippen molar-refractivity contribution in [3.05, 3.63) is 0 Å². The topological polar surface area (TPSA) is 79.2 Å². The van der Waals surface area contributed by atoms with Crippen molar-refractivity contribution in [3.8, 4) is 0 Å². The Kier molecular flexibility index (Phi) is 2.46. The van der Waals surface area contributed by atoms with E-state index < -0.39 is 18.0 Å². The summed E-state index contributed by atoms with van der Waals surface area (Å²) in [7, 11) is 1.27. The second-order valence-corrected chi connectivity index (χ2v) is 2.53. The van der Waals surface area contributed by atoms with E-state index in [0.717, 1.165) is 0 Å². The van der Waals surface area contributed by atoms with Crippen molar-refractivity contribution >= 4 is 0 Å². The highest BCUT2D eigenvalue weighted by atomic mass is 16.7. The van der Waals surface area contributed by atoms with Gasteiger partial charge in [-0.2, -0.15) is 0 Å². The minimum Gasteiger partial charge on any atom is -0.394 e. The monoisotopic (exact) mass is 164 g/mol. The minimum atomic E-state index is -1.66. The van der Waals surface area contributed by atoms with Gasteiger partial charge in [-0.3, -0.25) is 0 Å². The Bertz CT molecular complexity index is 139. The molecule has 1 fully saturated rings. The molecule has 5 heteroatoms. The Morgan fingerprint density at radius 1 is 1.73 bits per heavy atom. The standard InChI is InChI=1S/C6H12O5/c1-10-6(9)3-11-4(2-7)5(6)8/h4-5,7-9H,2-3H2,1H3/t4-,5-,6-/m1/s1. The number of hydrogen-bond donors (Lipinski definition) is 3. The average Bonchev–Trinajstić information content (AvgIpc) is 2.31. The fraction of sp³-hybridized carbons (Fsp3) is 1.00. The van der Waals surface area contributed by atoms with Crippen LogP contribution in [0.25, 0.3) is 0 Å². The first-order chi connectivity index (χ1) is 5.14. The fourth-order valence-corrected chi connectivity index (χ4v) is 1.03. The van der Waals surface area contributed by atoms with Gasteiger partial charge in [0, 0.05) is 7.11 Å². The first kappa shape index (κ1) is 8.89. The third-order valence-corrected chi connectivity index (χ3v) is 1.85. The largest absolute Gasteiger partial charge is 0.394 e. The molecule has 1 rings (SSSR count). The third kappa shape index (κ3) is 1.38. The lowest BCUT2D eigenvalue weighted by atomic mass is 10.1. The summed E-state index contributed by atoms with van der Waals surface area (Å²) in [5.41, 5.74) is 0. The molecule has 3 N–H and O–H groups in total. The van der Waals surface area contributed by atoms with Crippen LogP contribution >= 0.6 is 0 Å². The molecule has 0 amide bonds.